The minimum atomic E-state index is -1.45. The Hall–Kier alpha value is -3.03. The van der Waals surface area contributed by atoms with Gasteiger partial charge in [-0.25, -0.2) is 9.78 Å². The van der Waals surface area contributed by atoms with Crippen molar-refractivity contribution in [2.24, 2.45) is 17.4 Å². The van der Waals surface area contributed by atoms with Gasteiger partial charge in [0, 0.05) is 18.3 Å². The van der Waals surface area contributed by atoms with Gasteiger partial charge in [-0.15, -0.1) is 0 Å². The molecule has 0 aliphatic carbocycles. The monoisotopic (exact) mass is 483 g/mol. The van der Waals surface area contributed by atoms with Crippen LogP contribution in [0, 0.1) is 5.92 Å². The van der Waals surface area contributed by atoms with Gasteiger partial charge in [-0.3, -0.25) is 14.4 Å². The molecule has 3 amide bonds. The van der Waals surface area contributed by atoms with Crippen molar-refractivity contribution in [1.82, 2.24) is 25.9 Å². The third-order valence-corrected chi connectivity index (χ3v) is 5.26. The van der Waals surface area contributed by atoms with E-state index in [2.05, 4.69) is 25.9 Å². The van der Waals surface area contributed by atoms with E-state index in [0.717, 1.165) is 0 Å². The summed E-state index contributed by atoms with van der Waals surface area (Å²) < 4.78 is 0. The second-order valence-electron chi connectivity index (χ2n) is 8.52. The summed E-state index contributed by atoms with van der Waals surface area (Å²) in [7, 11) is 0. The minimum Gasteiger partial charge on any atom is -0.480 e. The van der Waals surface area contributed by atoms with E-state index in [1.165, 1.54) is 19.4 Å². The minimum absolute atomic E-state index is 0.0770. The van der Waals surface area contributed by atoms with Gasteiger partial charge in [0.15, 0.2) is 0 Å². The molecule has 0 aromatic carbocycles. The number of imidazole rings is 1. The fraction of sp³-hybridized carbons (Fsp3) is 0.667. The first-order valence-corrected chi connectivity index (χ1v) is 11.2. The Bertz CT molecular complexity index is 800. The molecular formula is C21H37N7O6. The lowest BCUT2D eigenvalue weighted by Gasteiger charge is -2.27. The molecule has 0 aliphatic heterocycles. The highest BCUT2D eigenvalue weighted by molar-refractivity contribution is 5.94. The van der Waals surface area contributed by atoms with Crippen molar-refractivity contribution in [3.63, 3.8) is 0 Å². The number of aromatic nitrogens is 2. The zero-order valence-electron chi connectivity index (χ0n) is 19.8. The highest BCUT2D eigenvalue weighted by atomic mass is 16.4. The third-order valence-electron chi connectivity index (χ3n) is 5.26. The maximum absolute atomic E-state index is 12.9. The summed E-state index contributed by atoms with van der Waals surface area (Å²) >= 11 is 0. The number of aliphatic hydroxyl groups excluding tert-OH is 1. The van der Waals surface area contributed by atoms with E-state index in [1.807, 2.05) is 0 Å². The number of rotatable bonds is 15. The number of carbonyl (C=O) groups excluding carboxylic acids is 3. The fourth-order valence-corrected chi connectivity index (χ4v) is 3.07. The number of hydrogen-bond acceptors (Lipinski definition) is 8. The lowest BCUT2D eigenvalue weighted by molar-refractivity contribution is -0.143. The van der Waals surface area contributed by atoms with Gasteiger partial charge in [0.1, 0.15) is 18.1 Å². The lowest BCUT2D eigenvalue weighted by Crippen LogP contribution is -2.60. The van der Waals surface area contributed by atoms with Crippen molar-refractivity contribution in [3.8, 4) is 0 Å². The van der Waals surface area contributed by atoms with E-state index in [1.54, 1.807) is 13.8 Å². The van der Waals surface area contributed by atoms with Crippen LogP contribution in [0.3, 0.4) is 0 Å². The Morgan fingerprint density at radius 3 is 2.18 bits per heavy atom. The Kier molecular flexibility index (Phi) is 12.2. The average Bonchev–Trinajstić information content (AvgIpc) is 3.28. The Morgan fingerprint density at radius 2 is 1.68 bits per heavy atom. The van der Waals surface area contributed by atoms with Crippen LogP contribution in [0.1, 0.15) is 45.7 Å². The van der Waals surface area contributed by atoms with Crippen LogP contribution in [0.2, 0.25) is 0 Å². The molecule has 1 rings (SSSR count). The number of unbranched alkanes of at least 4 members (excludes halogenated alkanes) is 1. The van der Waals surface area contributed by atoms with Crippen LogP contribution in [0.5, 0.6) is 0 Å². The maximum atomic E-state index is 12.9. The van der Waals surface area contributed by atoms with Crippen LogP contribution in [0.25, 0.3) is 0 Å². The molecule has 13 heteroatoms. The lowest BCUT2D eigenvalue weighted by atomic mass is 10.0. The first-order valence-electron chi connectivity index (χ1n) is 11.2. The van der Waals surface area contributed by atoms with E-state index in [-0.39, 0.29) is 18.8 Å². The molecule has 0 saturated carbocycles. The van der Waals surface area contributed by atoms with Gasteiger partial charge in [-0.05, 0) is 38.6 Å². The molecule has 0 saturated heterocycles. The molecule has 34 heavy (non-hydrogen) atoms. The fourth-order valence-electron chi connectivity index (χ4n) is 3.07. The molecule has 13 nitrogen and oxygen atoms in total. The Labute approximate surface area is 198 Å². The van der Waals surface area contributed by atoms with Gasteiger partial charge < -0.3 is 42.6 Å². The van der Waals surface area contributed by atoms with Gasteiger partial charge in [-0.2, -0.15) is 0 Å². The largest absolute Gasteiger partial charge is 0.480 e. The van der Waals surface area contributed by atoms with Crippen molar-refractivity contribution in [2.45, 2.75) is 76.7 Å². The number of nitrogens with one attached hydrogen (secondary N) is 4. The molecule has 0 spiro atoms. The van der Waals surface area contributed by atoms with E-state index >= 15 is 0 Å². The molecule has 5 unspecified atom stereocenters. The molecule has 0 fully saturated rings. The Morgan fingerprint density at radius 1 is 1.03 bits per heavy atom. The van der Waals surface area contributed by atoms with Gasteiger partial charge >= 0.3 is 5.97 Å². The summed E-state index contributed by atoms with van der Waals surface area (Å²) in [6.45, 7) is 5.22. The number of nitrogens with two attached hydrogens (primary N) is 2. The molecule has 0 bridgehead atoms. The van der Waals surface area contributed by atoms with Crippen molar-refractivity contribution < 1.29 is 29.4 Å². The number of carbonyl (C=O) groups is 4. The van der Waals surface area contributed by atoms with Crippen LogP contribution in [-0.4, -0.2) is 80.7 Å². The zero-order valence-corrected chi connectivity index (χ0v) is 19.8. The molecule has 10 N–H and O–H groups in total. The number of amides is 3. The smallest absolute Gasteiger partial charge is 0.326 e. The number of aliphatic carboxylic acids is 1. The predicted molar refractivity (Wildman–Crippen MR) is 123 cm³/mol. The number of nitrogens with zero attached hydrogens (tertiary/aromatic N) is 1. The van der Waals surface area contributed by atoms with Gasteiger partial charge in [0.05, 0.1) is 18.5 Å². The van der Waals surface area contributed by atoms with E-state index in [9.17, 15) is 29.4 Å². The molecule has 1 aromatic heterocycles. The summed E-state index contributed by atoms with van der Waals surface area (Å²) in [5.74, 6) is -3.57. The van der Waals surface area contributed by atoms with E-state index in [0.29, 0.717) is 25.1 Å². The number of H-pyrrole nitrogens is 1. The summed E-state index contributed by atoms with van der Waals surface area (Å²) in [4.78, 5) is 56.3. The molecule has 5 atom stereocenters. The van der Waals surface area contributed by atoms with Crippen LogP contribution in [-0.2, 0) is 25.6 Å². The first kappa shape index (κ1) is 29.0. The number of aromatic amines is 1. The molecular weight excluding hydrogens is 446 g/mol. The topological polar surface area (TPSA) is 226 Å². The molecule has 0 radical (unpaired) electrons. The predicted octanol–water partition coefficient (Wildman–Crippen LogP) is -2.02. The van der Waals surface area contributed by atoms with Crippen molar-refractivity contribution in [3.05, 3.63) is 18.2 Å². The summed E-state index contributed by atoms with van der Waals surface area (Å²) in [6.07, 6.45) is 2.76. The first-order chi connectivity index (χ1) is 16.0. The summed E-state index contributed by atoms with van der Waals surface area (Å²) in [5.41, 5.74) is 11.9. The van der Waals surface area contributed by atoms with Crippen molar-refractivity contribution >= 4 is 23.7 Å². The quantitative estimate of drug-likeness (QED) is 0.129. The van der Waals surface area contributed by atoms with Crippen LogP contribution >= 0.6 is 0 Å². The number of aliphatic hydroxyl groups is 1. The third kappa shape index (κ3) is 9.45. The van der Waals surface area contributed by atoms with E-state index < -0.39 is 54.0 Å². The van der Waals surface area contributed by atoms with Gasteiger partial charge in [0.2, 0.25) is 17.7 Å². The maximum Gasteiger partial charge on any atom is 0.326 e. The van der Waals surface area contributed by atoms with E-state index in [4.69, 9.17) is 11.5 Å². The van der Waals surface area contributed by atoms with Crippen LogP contribution in [0.4, 0.5) is 0 Å². The highest BCUT2D eigenvalue weighted by Crippen LogP contribution is 2.06. The van der Waals surface area contributed by atoms with Gasteiger partial charge in [-0.1, -0.05) is 13.8 Å². The Balaban J connectivity index is 2.93. The standard InChI is InChI=1S/C21H37N7O6/c1-11(2)16(23)19(31)26-14(6-4-5-7-22)18(30)28-17(12(3)29)20(32)27-15(21(33)34)8-13-9-24-10-25-13/h9-12,14-17,29H,4-8,22-23H2,1-3H3,(H,24,25)(H,26,31)(H,27,32)(H,28,30)(H,33,34). The number of carboxylic acids is 1. The normalized spacial score (nSPS) is 15.6. The summed E-state index contributed by atoms with van der Waals surface area (Å²) in [5, 5.41) is 26.9. The van der Waals surface area contributed by atoms with Gasteiger partial charge in [0.25, 0.3) is 0 Å². The average molecular weight is 484 g/mol. The number of hydrogen-bond donors (Lipinski definition) is 8. The molecule has 1 heterocycles. The van der Waals surface area contributed by atoms with Crippen LogP contribution in [0.15, 0.2) is 12.5 Å². The van der Waals surface area contributed by atoms with Crippen LogP contribution < -0.4 is 27.4 Å². The molecule has 192 valence electrons. The second kappa shape index (κ2) is 14.3. The number of carboxylic acid groups (broad SMARTS) is 1. The SMILES string of the molecule is CC(C)C(N)C(=O)NC(CCCCN)C(=O)NC(C(=O)NC(Cc1cnc[nH]1)C(=O)O)C(C)O. The van der Waals surface area contributed by atoms with Crippen molar-refractivity contribution in [1.29, 1.82) is 0 Å². The molecule has 0 aliphatic rings. The molecule has 1 aromatic rings. The second-order valence-corrected chi connectivity index (χ2v) is 8.52. The highest BCUT2D eigenvalue weighted by Gasteiger charge is 2.33. The zero-order chi connectivity index (χ0) is 25.8. The summed E-state index contributed by atoms with van der Waals surface area (Å²) in [6, 6.07) is -4.63. The van der Waals surface area contributed by atoms with Crippen molar-refractivity contribution in [2.75, 3.05) is 6.54 Å².